The summed E-state index contributed by atoms with van der Waals surface area (Å²) in [6.07, 6.45) is 9.33. The zero-order valence-electron chi connectivity index (χ0n) is 51.3. The molecule has 3 nitrogen and oxygen atoms in total. The minimum atomic E-state index is -1.84. The Morgan fingerprint density at radius 2 is 0.808 bits per heavy atom. The highest BCUT2D eigenvalue weighted by molar-refractivity contribution is 7.01. The van der Waals surface area contributed by atoms with Gasteiger partial charge in [-0.15, -0.1) is 0 Å². The fourth-order valence-electron chi connectivity index (χ4n) is 16.1. The first-order chi connectivity index (χ1) is 36.2. The molecule has 4 aliphatic carbocycles. The molecule has 78 heavy (non-hydrogen) atoms. The fraction of sp³-hybridized carbons (Fsp3) is 0.479. The third kappa shape index (κ3) is 7.53. The Balaban J connectivity index is 1.22. The van der Waals surface area contributed by atoms with Gasteiger partial charge in [-0.1, -0.05) is 178 Å². The van der Waals surface area contributed by atoms with Crippen molar-refractivity contribution in [1.29, 1.82) is 0 Å². The molecule has 0 bridgehead atoms. The summed E-state index contributed by atoms with van der Waals surface area (Å²) in [4.78, 5) is 5.38. The highest BCUT2D eigenvalue weighted by atomic mass is 28.3. The Labute approximate surface area is 471 Å². The summed E-state index contributed by atoms with van der Waals surface area (Å²) in [5.41, 5.74) is 26.2. The Kier molecular flexibility index (Phi) is 10.8. The van der Waals surface area contributed by atoms with Gasteiger partial charge >= 0.3 is 0 Å². The summed E-state index contributed by atoms with van der Waals surface area (Å²) in [7, 11) is -1.84. The van der Waals surface area contributed by atoms with Gasteiger partial charge in [0, 0.05) is 39.3 Å². The van der Waals surface area contributed by atoms with E-state index in [9.17, 15) is 0 Å². The third-order valence-electron chi connectivity index (χ3n) is 21.9. The van der Waals surface area contributed by atoms with Crippen LogP contribution in [0.1, 0.15) is 207 Å². The lowest BCUT2D eigenvalue weighted by Crippen LogP contribution is -2.61. The van der Waals surface area contributed by atoms with Gasteiger partial charge in [-0.05, 0) is 216 Å². The van der Waals surface area contributed by atoms with Crippen LogP contribution in [0.25, 0.3) is 22.1 Å². The van der Waals surface area contributed by atoms with Crippen molar-refractivity contribution in [2.75, 3.05) is 9.80 Å². The van der Waals surface area contributed by atoms with Crippen LogP contribution in [0.15, 0.2) is 101 Å². The maximum absolute atomic E-state index is 7.84. The summed E-state index contributed by atoms with van der Waals surface area (Å²) in [5, 5.41) is 2.76. The predicted octanol–water partition coefficient (Wildman–Crippen LogP) is 18.1. The third-order valence-corrected chi connectivity index (χ3v) is 23.9. The number of hydrogen-bond donors (Lipinski definition) is 0. The molecule has 404 valence electrons. The molecule has 0 spiro atoms. The molecule has 0 N–H and O–H groups in total. The first kappa shape index (κ1) is 52.1. The van der Waals surface area contributed by atoms with E-state index >= 15 is 0 Å². The Bertz CT molecular complexity index is 3710. The highest BCUT2D eigenvalue weighted by Crippen LogP contribution is 2.56. The largest absolute Gasteiger partial charge is 0.440 e. The molecule has 0 amide bonds. The van der Waals surface area contributed by atoms with E-state index in [-0.39, 0.29) is 50.0 Å². The maximum atomic E-state index is 7.84. The van der Waals surface area contributed by atoms with Crippen LogP contribution in [-0.2, 0) is 43.3 Å². The van der Waals surface area contributed by atoms with Gasteiger partial charge in [0.1, 0.15) is 5.58 Å². The molecule has 6 aliphatic rings. The van der Waals surface area contributed by atoms with Crippen molar-refractivity contribution >= 4 is 81.7 Å². The predicted molar refractivity (Wildman–Crippen MR) is 340 cm³/mol. The van der Waals surface area contributed by atoms with E-state index in [1.807, 2.05) is 0 Å². The molecule has 3 heterocycles. The number of rotatable bonds is 4. The average molecular weight is 1050 g/mol. The van der Waals surface area contributed by atoms with Gasteiger partial charge in [-0.3, -0.25) is 4.90 Å². The van der Waals surface area contributed by atoms with Gasteiger partial charge < -0.3 is 9.32 Å². The standard InChI is InChI=1S/C73H89BN2OSi/c1-66(2)28-30-68(5,6)51-38-45(24-26-49(51)66)75-58-42-55-54(71(11,12)33-34-72(55,13)14)41-57(58)74-63-48-40-53-56(73(15,16)35-32-70(53,9)10)43-61(48)77-65(63)76(46-25-27-50-52(39-46)69(7,8)31-29-67(50,3)4)60-37-44(36-59(75)64(60)74)47-22-20-21-23-62(47)78(17,18)19/h20-27,36-43H,28-35H2,1-19H3. The summed E-state index contributed by atoms with van der Waals surface area (Å²) >= 11 is 0. The molecule has 0 unspecified atom stereocenters. The smallest absolute Gasteiger partial charge is 0.257 e. The second-order valence-corrected chi connectivity index (χ2v) is 37.1. The van der Waals surface area contributed by atoms with Gasteiger partial charge in [0.05, 0.1) is 8.07 Å². The van der Waals surface area contributed by atoms with Crippen LogP contribution in [0.2, 0.25) is 19.6 Å². The van der Waals surface area contributed by atoms with E-state index in [0.29, 0.717) is 0 Å². The highest BCUT2D eigenvalue weighted by Gasteiger charge is 2.51. The summed E-state index contributed by atoms with van der Waals surface area (Å²) in [5.74, 6) is 0.976. The number of anilines is 6. The Morgan fingerprint density at radius 1 is 0.397 bits per heavy atom. The van der Waals surface area contributed by atoms with E-state index in [2.05, 4.69) is 237 Å². The van der Waals surface area contributed by atoms with Crippen molar-refractivity contribution < 1.29 is 4.42 Å². The molecule has 5 heteroatoms. The summed E-state index contributed by atoms with van der Waals surface area (Å²) < 4.78 is 7.84. The topological polar surface area (TPSA) is 19.6 Å². The molecule has 7 aromatic rings. The first-order valence-electron chi connectivity index (χ1n) is 30.2. The second-order valence-electron chi connectivity index (χ2n) is 32.0. The monoisotopic (exact) mass is 1050 g/mol. The number of fused-ring (bicyclic) bond motifs is 10. The van der Waals surface area contributed by atoms with E-state index < -0.39 is 8.07 Å². The van der Waals surface area contributed by atoms with Gasteiger partial charge in [-0.25, -0.2) is 0 Å². The maximum Gasteiger partial charge on any atom is 0.257 e. The lowest BCUT2D eigenvalue weighted by Gasteiger charge is -2.47. The van der Waals surface area contributed by atoms with E-state index in [1.165, 1.54) is 130 Å². The summed E-state index contributed by atoms with van der Waals surface area (Å²) in [6.45, 7) is 47.2. The zero-order chi connectivity index (χ0) is 55.6. The van der Waals surface area contributed by atoms with Crippen molar-refractivity contribution in [2.45, 2.75) is 225 Å². The molecule has 0 atom stereocenters. The van der Waals surface area contributed by atoms with Crippen LogP contribution in [0.3, 0.4) is 0 Å². The van der Waals surface area contributed by atoms with Crippen LogP contribution >= 0.6 is 0 Å². The minimum absolute atomic E-state index is 0.0139. The quantitative estimate of drug-likeness (QED) is 0.164. The molecule has 13 rings (SSSR count). The minimum Gasteiger partial charge on any atom is -0.440 e. The van der Waals surface area contributed by atoms with Crippen LogP contribution in [-0.4, -0.2) is 14.8 Å². The Hall–Kier alpha value is -5.26. The number of furan rings is 1. The van der Waals surface area contributed by atoms with Crippen LogP contribution < -0.4 is 31.4 Å². The molecule has 0 fully saturated rings. The van der Waals surface area contributed by atoms with Gasteiger partial charge in [0.25, 0.3) is 6.71 Å². The summed E-state index contributed by atoms with van der Waals surface area (Å²) in [6, 6.07) is 40.3. The van der Waals surface area contributed by atoms with Gasteiger partial charge in [0.15, 0.2) is 0 Å². The van der Waals surface area contributed by atoms with Crippen molar-refractivity contribution in [1.82, 2.24) is 0 Å². The number of hydrogen-bond acceptors (Lipinski definition) is 3. The molecule has 6 aromatic carbocycles. The van der Waals surface area contributed by atoms with Crippen molar-refractivity contribution in [3.05, 3.63) is 142 Å². The van der Waals surface area contributed by atoms with E-state index in [0.717, 1.165) is 43.6 Å². The lowest BCUT2D eigenvalue weighted by molar-refractivity contribution is 0.332. The average Bonchev–Trinajstić information content (AvgIpc) is 3.30. The number of benzene rings is 6. The van der Waals surface area contributed by atoms with Crippen LogP contribution in [0.5, 0.6) is 0 Å². The SMILES string of the molecule is CC1(C)CCC(C)(C)c2cc(N3c4cc5c(cc4B4c6c3cc(-c3ccccc3[Si](C)(C)C)cc6N(c3ccc6c(c3)C(C)(C)CCC6(C)C)c3oc6cc7c(cc6c34)C(C)(C)CCC7(C)C)C(C)(C)CCC5(C)C)ccc21. The van der Waals surface area contributed by atoms with E-state index in [1.54, 1.807) is 0 Å². The molecular formula is C73H89BN2OSi. The van der Waals surface area contributed by atoms with Crippen molar-refractivity contribution in [2.24, 2.45) is 0 Å². The first-order valence-corrected chi connectivity index (χ1v) is 33.7. The second kappa shape index (κ2) is 16.2. The fourth-order valence-corrected chi connectivity index (χ4v) is 17.8. The van der Waals surface area contributed by atoms with Crippen LogP contribution in [0, 0.1) is 0 Å². The van der Waals surface area contributed by atoms with Crippen LogP contribution in [0.4, 0.5) is 34.3 Å². The molecule has 2 aliphatic heterocycles. The van der Waals surface area contributed by atoms with Crippen molar-refractivity contribution in [3.8, 4) is 11.1 Å². The van der Waals surface area contributed by atoms with E-state index in [4.69, 9.17) is 4.42 Å². The molecule has 0 radical (unpaired) electrons. The molecular weight excluding hydrogens is 960 g/mol. The van der Waals surface area contributed by atoms with Crippen molar-refractivity contribution in [3.63, 3.8) is 0 Å². The zero-order valence-corrected chi connectivity index (χ0v) is 52.3. The number of nitrogens with zero attached hydrogens (tertiary/aromatic N) is 2. The lowest BCUT2D eigenvalue weighted by atomic mass is 9.33. The molecule has 0 saturated heterocycles. The Morgan fingerprint density at radius 3 is 1.31 bits per heavy atom. The molecule has 1 aromatic heterocycles. The molecule has 0 saturated carbocycles. The normalized spacial score (nSPS) is 21.9. The van der Waals surface area contributed by atoms with Gasteiger partial charge in [0.2, 0.25) is 5.88 Å². The van der Waals surface area contributed by atoms with Gasteiger partial charge in [-0.2, -0.15) is 0 Å².